The maximum Gasteiger partial charge on any atom is 0.220 e. The molecular weight excluding hydrogens is 290 g/mol. The summed E-state index contributed by atoms with van der Waals surface area (Å²) in [6.07, 6.45) is 7.40. The molecule has 1 amide bonds. The molecular formula is C17H27N5O. The second-order valence-electron chi connectivity index (χ2n) is 5.88. The lowest BCUT2D eigenvalue weighted by atomic mass is 10.0. The van der Waals surface area contributed by atoms with E-state index < -0.39 is 0 Å². The van der Waals surface area contributed by atoms with E-state index in [2.05, 4.69) is 25.9 Å². The van der Waals surface area contributed by atoms with E-state index in [-0.39, 0.29) is 5.91 Å². The van der Waals surface area contributed by atoms with Gasteiger partial charge in [0.2, 0.25) is 5.91 Å². The van der Waals surface area contributed by atoms with Gasteiger partial charge in [-0.3, -0.25) is 14.8 Å². The molecule has 1 aliphatic carbocycles. The molecule has 23 heavy (non-hydrogen) atoms. The average Bonchev–Trinajstić information content (AvgIpc) is 3.08. The lowest BCUT2D eigenvalue weighted by molar-refractivity contribution is -0.121. The number of rotatable bonds is 7. The molecule has 6 nitrogen and oxygen atoms in total. The number of pyridine rings is 1. The Balaban J connectivity index is 1.57. The van der Waals surface area contributed by atoms with Crippen molar-refractivity contribution in [2.75, 3.05) is 20.1 Å². The van der Waals surface area contributed by atoms with Crippen molar-refractivity contribution < 1.29 is 4.79 Å². The fourth-order valence-electron chi connectivity index (χ4n) is 2.83. The number of nitrogens with zero attached hydrogens (tertiary/aromatic N) is 2. The molecule has 1 aromatic heterocycles. The Labute approximate surface area is 138 Å². The lowest BCUT2D eigenvalue weighted by Crippen LogP contribution is -2.41. The normalized spacial score (nSPS) is 15.4. The number of hydrogen-bond acceptors (Lipinski definition) is 3. The number of amides is 1. The molecule has 1 heterocycles. The number of aliphatic imine (C=N–C) groups is 1. The minimum absolute atomic E-state index is 0.162. The van der Waals surface area contributed by atoms with Crippen LogP contribution in [0.15, 0.2) is 29.4 Å². The minimum Gasteiger partial charge on any atom is -0.355 e. The van der Waals surface area contributed by atoms with E-state index in [1.165, 1.54) is 25.7 Å². The number of nitrogens with one attached hydrogen (secondary N) is 3. The van der Waals surface area contributed by atoms with Gasteiger partial charge in [0.1, 0.15) is 0 Å². The van der Waals surface area contributed by atoms with Crippen LogP contribution in [-0.4, -0.2) is 37.0 Å². The Bertz CT molecular complexity index is 497. The molecule has 126 valence electrons. The van der Waals surface area contributed by atoms with Gasteiger partial charge in [0.05, 0.1) is 12.2 Å². The summed E-state index contributed by atoms with van der Waals surface area (Å²) in [6.45, 7) is 1.88. The summed E-state index contributed by atoms with van der Waals surface area (Å²) in [5.74, 6) is 1.46. The predicted molar refractivity (Wildman–Crippen MR) is 92.0 cm³/mol. The molecule has 0 aromatic carbocycles. The van der Waals surface area contributed by atoms with E-state index in [4.69, 9.17) is 0 Å². The highest BCUT2D eigenvalue weighted by atomic mass is 16.1. The lowest BCUT2D eigenvalue weighted by Gasteiger charge is -2.13. The summed E-state index contributed by atoms with van der Waals surface area (Å²) in [4.78, 5) is 20.2. The monoisotopic (exact) mass is 317 g/mol. The van der Waals surface area contributed by atoms with Gasteiger partial charge in [-0.2, -0.15) is 0 Å². The van der Waals surface area contributed by atoms with Gasteiger partial charge in [-0.1, -0.05) is 18.9 Å². The van der Waals surface area contributed by atoms with Crippen molar-refractivity contribution in [3.63, 3.8) is 0 Å². The van der Waals surface area contributed by atoms with Gasteiger partial charge < -0.3 is 16.0 Å². The maximum absolute atomic E-state index is 11.8. The zero-order valence-corrected chi connectivity index (χ0v) is 13.8. The van der Waals surface area contributed by atoms with E-state index in [1.807, 2.05) is 18.2 Å². The maximum atomic E-state index is 11.8. The van der Waals surface area contributed by atoms with E-state index in [1.54, 1.807) is 13.2 Å². The van der Waals surface area contributed by atoms with E-state index >= 15 is 0 Å². The molecule has 1 saturated carbocycles. The van der Waals surface area contributed by atoms with E-state index in [0.29, 0.717) is 37.9 Å². The SMILES string of the molecule is CN=C(NCCNC(=O)CC1CCCC1)NCc1ccccn1. The fraction of sp³-hybridized carbons (Fsp3) is 0.588. The van der Waals surface area contributed by atoms with Gasteiger partial charge in [-0.05, 0) is 30.9 Å². The van der Waals surface area contributed by atoms with Crippen LogP contribution in [0.3, 0.4) is 0 Å². The Morgan fingerprint density at radius 1 is 1.22 bits per heavy atom. The molecule has 0 spiro atoms. The van der Waals surface area contributed by atoms with Crippen molar-refractivity contribution in [2.45, 2.75) is 38.6 Å². The van der Waals surface area contributed by atoms with Crippen LogP contribution < -0.4 is 16.0 Å². The van der Waals surface area contributed by atoms with Crippen molar-refractivity contribution in [3.8, 4) is 0 Å². The Kier molecular flexibility index (Phi) is 7.36. The second-order valence-corrected chi connectivity index (χ2v) is 5.88. The van der Waals surface area contributed by atoms with Crippen LogP contribution in [0.5, 0.6) is 0 Å². The van der Waals surface area contributed by atoms with Gasteiger partial charge in [0.15, 0.2) is 5.96 Å². The van der Waals surface area contributed by atoms with Crippen LogP contribution >= 0.6 is 0 Å². The number of hydrogen-bond donors (Lipinski definition) is 3. The van der Waals surface area contributed by atoms with Crippen molar-refractivity contribution in [3.05, 3.63) is 30.1 Å². The van der Waals surface area contributed by atoms with E-state index in [0.717, 1.165) is 5.69 Å². The van der Waals surface area contributed by atoms with Crippen molar-refractivity contribution in [1.82, 2.24) is 20.9 Å². The van der Waals surface area contributed by atoms with Crippen LogP contribution in [-0.2, 0) is 11.3 Å². The average molecular weight is 317 g/mol. The zero-order chi connectivity index (χ0) is 16.3. The second kappa shape index (κ2) is 9.82. The van der Waals surface area contributed by atoms with Gasteiger partial charge >= 0.3 is 0 Å². The first-order valence-electron chi connectivity index (χ1n) is 8.39. The number of aromatic nitrogens is 1. The van der Waals surface area contributed by atoms with Crippen LogP contribution in [0.2, 0.25) is 0 Å². The first-order valence-corrected chi connectivity index (χ1v) is 8.39. The molecule has 0 radical (unpaired) electrons. The molecule has 2 rings (SSSR count). The van der Waals surface area contributed by atoms with Gasteiger partial charge in [0, 0.05) is 32.8 Å². The zero-order valence-electron chi connectivity index (χ0n) is 13.8. The van der Waals surface area contributed by atoms with Crippen LogP contribution in [0, 0.1) is 5.92 Å². The number of carbonyl (C=O) groups excluding carboxylic acids is 1. The highest BCUT2D eigenvalue weighted by Crippen LogP contribution is 2.27. The van der Waals surface area contributed by atoms with Crippen LogP contribution in [0.25, 0.3) is 0 Å². The Hall–Kier alpha value is -2.11. The third-order valence-electron chi connectivity index (χ3n) is 4.08. The highest BCUT2D eigenvalue weighted by Gasteiger charge is 2.17. The molecule has 6 heteroatoms. The van der Waals surface area contributed by atoms with Crippen LogP contribution in [0.4, 0.5) is 0 Å². The van der Waals surface area contributed by atoms with Crippen LogP contribution in [0.1, 0.15) is 37.8 Å². The smallest absolute Gasteiger partial charge is 0.220 e. The van der Waals surface area contributed by atoms with Gasteiger partial charge in [-0.25, -0.2) is 0 Å². The molecule has 0 bridgehead atoms. The summed E-state index contributed by atoms with van der Waals surface area (Å²) < 4.78 is 0. The van der Waals surface area contributed by atoms with Crippen molar-refractivity contribution in [2.24, 2.45) is 10.9 Å². The molecule has 3 N–H and O–H groups in total. The molecule has 0 atom stereocenters. The first-order chi connectivity index (χ1) is 11.3. The Morgan fingerprint density at radius 2 is 2.00 bits per heavy atom. The summed E-state index contributed by atoms with van der Waals surface area (Å²) >= 11 is 0. The molecule has 1 aromatic rings. The number of carbonyl (C=O) groups is 1. The predicted octanol–water partition coefficient (Wildman–Crippen LogP) is 1.44. The topological polar surface area (TPSA) is 78.4 Å². The fourth-order valence-corrected chi connectivity index (χ4v) is 2.83. The third-order valence-corrected chi connectivity index (χ3v) is 4.08. The summed E-state index contributed by atoms with van der Waals surface area (Å²) in [6, 6.07) is 5.81. The van der Waals surface area contributed by atoms with Gasteiger partial charge in [-0.15, -0.1) is 0 Å². The first kappa shape index (κ1) is 17.2. The standard InChI is InChI=1S/C17H27N5O/c1-18-17(22-13-15-8-4-5-9-19-15)21-11-10-20-16(23)12-14-6-2-3-7-14/h4-5,8-9,14H,2-3,6-7,10-13H2,1H3,(H,20,23)(H2,18,21,22). The van der Waals surface area contributed by atoms with Gasteiger partial charge in [0.25, 0.3) is 0 Å². The highest BCUT2D eigenvalue weighted by molar-refractivity contribution is 5.79. The summed E-state index contributed by atoms with van der Waals surface area (Å²) in [5.41, 5.74) is 0.959. The summed E-state index contributed by atoms with van der Waals surface area (Å²) in [7, 11) is 1.73. The largest absolute Gasteiger partial charge is 0.355 e. The summed E-state index contributed by atoms with van der Waals surface area (Å²) in [5, 5.41) is 9.35. The van der Waals surface area contributed by atoms with Crippen molar-refractivity contribution >= 4 is 11.9 Å². The Morgan fingerprint density at radius 3 is 2.70 bits per heavy atom. The third kappa shape index (κ3) is 6.67. The molecule has 0 unspecified atom stereocenters. The van der Waals surface area contributed by atoms with Crippen molar-refractivity contribution in [1.29, 1.82) is 0 Å². The molecule has 1 aliphatic rings. The van der Waals surface area contributed by atoms with E-state index in [9.17, 15) is 4.79 Å². The molecule has 0 saturated heterocycles. The quantitative estimate of drug-likeness (QED) is 0.404. The molecule has 0 aliphatic heterocycles. The molecule has 1 fully saturated rings. The minimum atomic E-state index is 0.162. The number of guanidine groups is 1.